The molecule has 1 aliphatic heterocycles. The fourth-order valence-electron chi connectivity index (χ4n) is 1.32. The van der Waals surface area contributed by atoms with Crippen LogP contribution >= 0.6 is 11.8 Å². The molecule has 4 heteroatoms. The highest BCUT2D eigenvalue weighted by Crippen LogP contribution is 2.14. The highest BCUT2D eigenvalue weighted by molar-refractivity contribution is 8.14. The Labute approximate surface area is 99.1 Å². The van der Waals surface area contributed by atoms with Gasteiger partial charge in [0.05, 0.1) is 16.4 Å². The molecule has 0 fully saturated rings. The summed E-state index contributed by atoms with van der Waals surface area (Å²) in [7, 11) is 0. The van der Waals surface area contributed by atoms with Crippen LogP contribution in [-0.2, 0) is 0 Å². The van der Waals surface area contributed by atoms with Crippen molar-refractivity contribution in [3.63, 3.8) is 0 Å². The highest BCUT2D eigenvalue weighted by Gasteiger charge is 2.05. The molecule has 3 nitrogen and oxygen atoms in total. The molecule has 1 aromatic carbocycles. The van der Waals surface area contributed by atoms with Crippen LogP contribution in [-0.4, -0.2) is 16.5 Å². The monoisotopic (exact) mass is 231 g/mol. The molecule has 82 valence electrons. The average Bonchev–Trinajstić information content (AvgIpc) is 2.30. The van der Waals surface area contributed by atoms with Gasteiger partial charge in [-0.25, -0.2) is 0 Å². The van der Waals surface area contributed by atoms with Crippen LogP contribution in [0.3, 0.4) is 0 Å². The molecule has 2 N–H and O–H groups in total. The molecular formula is C12H13N3S. The van der Waals surface area contributed by atoms with Crippen LogP contribution in [0.1, 0.15) is 5.56 Å². The first-order chi connectivity index (χ1) is 7.75. The van der Waals surface area contributed by atoms with E-state index < -0.39 is 0 Å². The summed E-state index contributed by atoms with van der Waals surface area (Å²) in [6.45, 7) is 2.05. The van der Waals surface area contributed by atoms with Gasteiger partial charge in [0.1, 0.15) is 0 Å². The van der Waals surface area contributed by atoms with Crippen molar-refractivity contribution in [2.45, 2.75) is 6.92 Å². The largest absolute Gasteiger partial charge is 0.294 e. The van der Waals surface area contributed by atoms with E-state index in [1.54, 1.807) is 6.08 Å². The van der Waals surface area contributed by atoms with Crippen LogP contribution < -0.4 is 5.43 Å². The van der Waals surface area contributed by atoms with E-state index in [0.29, 0.717) is 5.04 Å². The van der Waals surface area contributed by atoms with Crippen LogP contribution in [0.5, 0.6) is 0 Å². The fourth-order valence-corrected chi connectivity index (χ4v) is 1.95. The Balaban J connectivity index is 2.07. The Bertz CT molecular complexity index is 463. The van der Waals surface area contributed by atoms with Crippen molar-refractivity contribution in [3.05, 3.63) is 42.0 Å². The minimum atomic E-state index is 0.592. The number of hydrogen-bond acceptors (Lipinski definition) is 4. The zero-order valence-electron chi connectivity index (χ0n) is 9.03. The number of rotatable bonds is 2. The van der Waals surface area contributed by atoms with Gasteiger partial charge in [0.15, 0.2) is 0 Å². The Morgan fingerprint density at radius 1 is 1.31 bits per heavy atom. The molecule has 2 rings (SSSR count). The van der Waals surface area contributed by atoms with Gasteiger partial charge in [0.25, 0.3) is 0 Å². The third-order valence-electron chi connectivity index (χ3n) is 2.27. The summed E-state index contributed by atoms with van der Waals surface area (Å²) < 4.78 is 0. The second-order valence-electron chi connectivity index (χ2n) is 3.52. The molecule has 1 heterocycles. The maximum atomic E-state index is 7.41. The Kier molecular flexibility index (Phi) is 3.41. The van der Waals surface area contributed by atoms with Crippen LogP contribution in [0.15, 0.2) is 41.5 Å². The van der Waals surface area contributed by atoms with Gasteiger partial charge in [-0.15, -0.1) is 11.8 Å². The van der Waals surface area contributed by atoms with E-state index in [1.807, 2.05) is 37.3 Å². The summed E-state index contributed by atoms with van der Waals surface area (Å²) in [5.41, 5.74) is 6.21. The summed E-state index contributed by atoms with van der Waals surface area (Å²) in [5, 5.41) is 12.3. The van der Waals surface area contributed by atoms with Crippen LogP contribution in [0.25, 0.3) is 0 Å². The predicted octanol–water partition coefficient (Wildman–Crippen LogP) is 3.04. The Morgan fingerprint density at radius 3 is 2.81 bits per heavy atom. The maximum Gasteiger partial charge on any atom is 0.0874 e. The lowest BCUT2D eigenvalue weighted by Crippen LogP contribution is -2.08. The molecule has 0 saturated heterocycles. The van der Waals surface area contributed by atoms with Gasteiger partial charge in [0, 0.05) is 5.75 Å². The lowest BCUT2D eigenvalue weighted by atomic mass is 10.2. The maximum absolute atomic E-state index is 7.41. The van der Waals surface area contributed by atoms with E-state index in [-0.39, 0.29) is 0 Å². The van der Waals surface area contributed by atoms with E-state index in [1.165, 1.54) is 17.3 Å². The zero-order chi connectivity index (χ0) is 11.4. The van der Waals surface area contributed by atoms with Gasteiger partial charge in [-0.2, -0.15) is 5.10 Å². The second kappa shape index (κ2) is 4.99. The number of allylic oxidation sites excluding steroid dienone is 1. The smallest absolute Gasteiger partial charge is 0.0874 e. The van der Waals surface area contributed by atoms with Crippen molar-refractivity contribution >= 4 is 28.2 Å². The predicted molar refractivity (Wildman–Crippen MR) is 71.6 cm³/mol. The molecule has 16 heavy (non-hydrogen) atoms. The lowest BCUT2D eigenvalue weighted by molar-refractivity contribution is 1.30. The van der Waals surface area contributed by atoms with Crippen molar-refractivity contribution in [1.82, 2.24) is 0 Å². The number of nitrogens with one attached hydrogen (secondary N) is 2. The molecule has 0 atom stereocenters. The standard InChI is InChI=1S/C12H13N3S/c1-9-4-2-3-5-11(9)15-14-10-6-7-12(13)16-8-10/h2-7,13,15H,8H2,1H3. The first-order valence-electron chi connectivity index (χ1n) is 5.03. The van der Waals surface area contributed by atoms with Crippen molar-refractivity contribution < 1.29 is 0 Å². The molecule has 0 bridgehead atoms. The Morgan fingerprint density at radius 2 is 2.12 bits per heavy atom. The number of hydrazone groups is 1. The number of nitrogens with zero attached hydrogens (tertiary/aromatic N) is 1. The summed E-state index contributed by atoms with van der Waals surface area (Å²) in [6, 6.07) is 8.03. The third-order valence-corrected chi connectivity index (χ3v) is 3.15. The SMILES string of the molecule is Cc1ccccc1NN=C1C=CC(=N)SC1. The van der Waals surface area contributed by atoms with Crippen LogP contribution in [0, 0.1) is 12.3 Å². The molecule has 0 unspecified atom stereocenters. The van der Waals surface area contributed by atoms with Gasteiger partial charge in [-0.05, 0) is 30.7 Å². The molecule has 0 radical (unpaired) electrons. The highest BCUT2D eigenvalue weighted by atomic mass is 32.2. The number of aryl methyl sites for hydroxylation is 1. The molecule has 0 saturated carbocycles. The quantitative estimate of drug-likeness (QED) is 0.768. The van der Waals surface area contributed by atoms with Crippen molar-refractivity contribution in [2.24, 2.45) is 5.10 Å². The first-order valence-corrected chi connectivity index (χ1v) is 6.02. The topological polar surface area (TPSA) is 48.2 Å². The normalized spacial score (nSPS) is 17.8. The van der Waals surface area contributed by atoms with Gasteiger partial charge >= 0.3 is 0 Å². The van der Waals surface area contributed by atoms with E-state index in [0.717, 1.165) is 17.2 Å². The Hall–Kier alpha value is -1.55. The number of anilines is 1. The summed E-state index contributed by atoms with van der Waals surface area (Å²) in [5.74, 6) is 0.758. The van der Waals surface area contributed by atoms with E-state index in [9.17, 15) is 0 Å². The summed E-state index contributed by atoms with van der Waals surface area (Å²) >= 11 is 1.49. The second-order valence-corrected chi connectivity index (χ2v) is 4.53. The number of benzene rings is 1. The van der Waals surface area contributed by atoms with E-state index in [4.69, 9.17) is 5.41 Å². The average molecular weight is 231 g/mol. The van der Waals surface area contributed by atoms with Gasteiger partial charge < -0.3 is 0 Å². The number of thioether (sulfide) groups is 1. The molecule has 1 aromatic rings. The zero-order valence-corrected chi connectivity index (χ0v) is 9.84. The van der Waals surface area contributed by atoms with Crippen molar-refractivity contribution in [2.75, 3.05) is 11.2 Å². The van der Waals surface area contributed by atoms with Gasteiger partial charge in [-0.3, -0.25) is 10.8 Å². The molecule has 0 amide bonds. The molecule has 0 aromatic heterocycles. The fraction of sp³-hybridized carbons (Fsp3) is 0.167. The first kappa shape index (κ1) is 11.0. The van der Waals surface area contributed by atoms with Gasteiger partial charge in [0.2, 0.25) is 0 Å². The molecule has 1 aliphatic rings. The number of hydrogen-bond donors (Lipinski definition) is 2. The minimum absolute atomic E-state index is 0.592. The van der Waals surface area contributed by atoms with Crippen LogP contribution in [0.4, 0.5) is 5.69 Å². The minimum Gasteiger partial charge on any atom is -0.294 e. The molecular weight excluding hydrogens is 218 g/mol. The van der Waals surface area contributed by atoms with E-state index >= 15 is 0 Å². The third kappa shape index (κ3) is 2.73. The molecule has 0 spiro atoms. The number of para-hydroxylation sites is 1. The lowest BCUT2D eigenvalue weighted by Gasteiger charge is -2.08. The van der Waals surface area contributed by atoms with Crippen molar-refractivity contribution in [1.29, 1.82) is 5.41 Å². The molecule has 0 aliphatic carbocycles. The van der Waals surface area contributed by atoms with E-state index in [2.05, 4.69) is 10.5 Å². The summed E-state index contributed by atoms with van der Waals surface area (Å²) in [6.07, 6.45) is 3.65. The van der Waals surface area contributed by atoms with Gasteiger partial charge in [-0.1, -0.05) is 18.2 Å². The van der Waals surface area contributed by atoms with Crippen LogP contribution in [0.2, 0.25) is 0 Å². The van der Waals surface area contributed by atoms with Crippen molar-refractivity contribution in [3.8, 4) is 0 Å². The summed E-state index contributed by atoms with van der Waals surface area (Å²) in [4.78, 5) is 0.